The van der Waals surface area contributed by atoms with E-state index in [4.69, 9.17) is 9.05 Å². The fourth-order valence-corrected chi connectivity index (χ4v) is 3.76. The summed E-state index contributed by atoms with van der Waals surface area (Å²) in [4.78, 5) is 21.5. The highest BCUT2D eigenvalue weighted by Crippen LogP contribution is 2.43. The Balaban J connectivity index is 4.29. The van der Waals surface area contributed by atoms with Crippen LogP contribution in [0.25, 0.3) is 0 Å². The van der Waals surface area contributed by atoms with Gasteiger partial charge in [0.1, 0.15) is 13.2 Å². The van der Waals surface area contributed by atoms with Crippen LogP contribution in [0.3, 0.4) is 0 Å². The van der Waals surface area contributed by atoms with Crippen molar-refractivity contribution in [3.8, 4) is 0 Å². The van der Waals surface area contributed by atoms with Gasteiger partial charge in [-0.05, 0) is 12.2 Å². The van der Waals surface area contributed by atoms with Crippen LogP contribution in [0.2, 0.25) is 0 Å². The minimum atomic E-state index is -4.11. The van der Waals surface area contributed by atoms with Gasteiger partial charge in [0, 0.05) is 12.2 Å². The van der Waals surface area contributed by atoms with Crippen molar-refractivity contribution in [2.75, 3.05) is 52.4 Å². The van der Waals surface area contributed by atoms with Crippen LogP contribution in [0.5, 0.6) is 0 Å². The Morgan fingerprint density at radius 1 is 1.19 bits per heavy atom. The first-order valence-electron chi connectivity index (χ1n) is 9.39. The monoisotopic (exact) mass is 413 g/mol. The molecule has 1 amide bonds. The Morgan fingerprint density at radius 2 is 1.88 bits per heavy atom. The molecule has 2 atom stereocenters. The first-order chi connectivity index (χ1) is 12.1. The second-order valence-corrected chi connectivity index (χ2v) is 9.97. The van der Waals surface area contributed by atoms with E-state index in [0.29, 0.717) is 23.2 Å². The molecule has 0 bridgehead atoms. The van der Waals surface area contributed by atoms with Crippen LogP contribution in [0.15, 0.2) is 0 Å². The van der Waals surface area contributed by atoms with E-state index in [1.807, 2.05) is 21.1 Å². The largest absolute Gasteiger partial charge is 0.472 e. The van der Waals surface area contributed by atoms with E-state index in [0.717, 1.165) is 12.2 Å². The lowest BCUT2D eigenvalue weighted by Gasteiger charge is -2.24. The zero-order valence-corrected chi connectivity index (χ0v) is 18.7. The van der Waals surface area contributed by atoms with Crippen LogP contribution in [-0.4, -0.2) is 73.7 Å². The molecule has 1 unspecified atom stereocenters. The number of nitrogens with one attached hydrogen (secondary N) is 1. The fourth-order valence-electron chi connectivity index (χ4n) is 1.97. The normalized spacial score (nSPS) is 15.5. The smallest absolute Gasteiger partial charge is 0.350 e. The predicted molar refractivity (Wildman–Crippen MR) is 108 cm³/mol. The second-order valence-electron chi connectivity index (χ2n) is 7.37. The van der Waals surface area contributed by atoms with Crippen molar-refractivity contribution in [1.29, 1.82) is 0 Å². The second kappa shape index (κ2) is 14.0. The molecule has 156 valence electrons. The molecule has 0 rings (SSSR count). The number of amides is 1. The molecule has 0 aromatic heterocycles. The first-order valence-corrected chi connectivity index (χ1v) is 12.0. The van der Waals surface area contributed by atoms with Gasteiger partial charge < -0.3 is 14.7 Å². The van der Waals surface area contributed by atoms with Gasteiger partial charge in [-0.25, -0.2) is 4.57 Å². The highest BCUT2D eigenvalue weighted by Gasteiger charge is 2.25. The molecule has 0 aliphatic rings. The van der Waals surface area contributed by atoms with Crippen molar-refractivity contribution < 1.29 is 27.8 Å². The predicted octanol–water partition coefficient (Wildman–Crippen LogP) is 3.03. The molecule has 0 aromatic carbocycles. The Kier molecular flexibility index (Phi) is 13.9. The summed E-state index contributed by atoms with van der Waals surface area (Å²) in [5.74, 6) is 1.57. The van der Waals surface area contributed by atoms with Crippen molar-refractivity contribution >= 4 is 25.5 Å². The van der Waals surface area contributed by atoms with Gasteiger partial charge in [0.25, 0.3) is 0 Å². The SMILES string of the molecule is CCCCCCSC[C@H](COP(=O)(O)OCC[N+](C)(C)C)NC(=O)CC. The molecule has 0 spiro atoms. The Bertz CT molecular complexity index is 432. The number of unbranched alkanes of at least 4 members (excludes halogenated alkanes) is 3. The summed E-state index contributed by atoms with van der Waals surface area (Å²) >= 11 is 1.73. The molecule has 9 heteroatoms. The number of phosphoric ester groups is 1. The lowest BCUT2D eigenvalue weighted by Crippen LogP contribution is -2.40. The van der Waals surface area contributed by atoms with Gasteiger partial charge in [0.15, 0.2) is 0 Å². The molecule has 0 aliphatic heterocycles. The molecule has 0 aliphatic carbocycles. The molecule has 0 heterocycles. The van der Waals surface area contributed by atoms with Crippen molar-refractivity contribution in [1.82, 2.24) is 5.32 Å². The average molecular weight is 414 g/mol. The topological polar surface area (TPSA) is 84.9 Å². The minimum Gasteiger partial charge on any atom is -0.350 e. The molecule has 0 radical (unpaired) electrons. The molecule has 26 heavy (non-hydrogen) atoms. The zero-order chi connectivity index (χ0) is 20.1. The molecule has 7 nitrogen and oxygen atoms in total. The Hall–Kier alpha value is -0.110. The molecule has 0 saturated carbocycles. The summed E-state index contributed by atoms with van der Waals surface area (Å²) in [5, 5.41) is 2.85. The number of nitrogens with zero attached hydrogens (tertiary/aromatic N) is 1. The number of hydrogen-bond donors (Lipinski definition) is 2. The quantitative estimate of drug-likeness (QED) is 0.230. The number of thioether (sulfide) groups is 1. The maximum Gasteiger partial charge on any atom is 0.472 e. The minimum absolute atomic E-state index is 0.0359. The van der Waals surface area contributed by atoms with Gasteiger partial charge in [-0.15, -0.1) is 0 Å². The number of quaternary nitrogens is 1. The van der Waals surface area contributed by atoms with Gasteiger partial charge in [-0.3, -0.25) is 13.8 Å². The van der Waals surface area contributed by atoms with Gasteiger partial charge in [-0.1, -0.05) is 33.1 Å². The van der Waals surface area contributed by atoms with Crippen molar-refractivity contribution in [2.45, 2.75) is 52.0 Å². The summed E-state index contributed by atoms with van der Waals surface area (Å²) < 4.78 is 22.7. The number of phosphoric acid groups is 1. The summed E-state index contributed by atoms with van der Waals surface area (Å²) in [6, 6.07) is -0.305. The molecular weight excluding hydrogens is 375 g/mol. The van der Waals surface area contributed by atoms with E-state index in [1.54, 1.807) is 18.7 Å². The molecular formula is C17H38N2O5PS+. The zero-order valence-electron chi connectivity index (χ0n) is 17.0. The summed E-state index contributed by atoms with van der Waals surface area (Å²) in [6.07, 6.45) is 5.15. The third kappa shape index (κ3) is 16.1. The number of hydrogen-bond acceptors (Lipinski definition) is 5. The summed E-state index contributed by atoms with van der Waals surface area (Å²) in [6.45, 7) is 4.64. The average Bonchev–Trinajstić information content (AvgIpc) is 2.53. The van der Waals surface area contributed by atoms with Crippen molar-refractivity contribution in [3.63, 3.8) is 0 Å². The van der Waals surface area contributed by atoms with Crippen LogP contribution in [0.1, 0.15) is 46.0 Å². The van der Waals surface area contributed by atoms with Gasteiger partial charge >= 0.3 is 7.82 Å². The maximum atomic E-state index is 12.0. The van der Waals surface area contributed by atoms with Crippen molar-refractivity contribution in [2.24, 2.45) is 0 Å². The maximum absolute atomic E-state index is 12.0. The van der Waals surface area contributed by atoms with E-state index in [2.05, 4.69) is 12.2 Å². The highest BCUT2D eigenvalue weighted by molar-refractivity contribution is 7.99. The number of likely N-dealkylation sites (N-methyl/N-ethyl adjacent to an activating group) is 1. The van der Waals surface area contributed by atoms with Crippen LogP contribution >= 0.6 is 19.6 Å². The van der Waals surface area contributed by atoms with E-state index in [1.165, 1.54) is 19.3 Å². The van der Waals surface area contributed by atoms with Crippen LogP contribution in [-0.2, 0) is 18.4 Å². The van der Waals surface area contributed by atoms with Gasteiger partial charge in [0.05, 0.1) is 33.8 Å². The lowest BCUT2D eigenvalue weighted by atomic mass is 10.2. The van der Waals surface area contributed by atoms with Crippen LogP contribution < -0.4 is 5.32 Å². The van der Waals surface area contributed by atoms with Crippen molar-refractivity contribution in [3.05, 3.63) is 0 Å². The molecule has 0 fully saturated rings. The first kappa shape index (κ1) is 25.9. The molecule has 0 aromatic rings. The highest BCUT2D eigenvalue weighted by atomic mass is 32.2. The standard InChI is InChI=1S/C17H37N2O5PS/c1-6-8-9-10-13-26-15-16(18-17(20)7-2)14-24-25(21,22)23-12-11-19(3,4)5/h16H,6-15H2,1-5H3,(H-,18,20,21,22)/p+1/t16-/m0/s1. The van der Waals surface area contributed by atoms with Gasteiger partial charge in [0.2, 0.25) is 5.91 Å². The number of rotatable bonds is 16. The van der Waals surface area contributed by atoms with Crippen LogP contribution in [0.4, 0.5) is 0 Å². The van der Waals surface area contributed by atoms with E-state index < -0.39 is 7.82 Å². The summed E-state index contributed by atoms with van der Waals surface area (Å²) in [5.41, 5.74) is 0. The van der Waals surface area contributed by atoms with E-state index >= 15 is 0 Å². The number of carbonyl (C=O) groups excluding carboxylic acids is 1. The molecule has 0 saturated heterocycles. The summed E-state index contributed by atoms with van der Waals surface area (Å²) in [7, 11) is 1.81. The van der Waals surface area contributed by atoms with Gasteiger partial charge in [-0.2, -0.15) is 11.8 Å². The third-order valence-corrected chi connectivity index (χ3v) is 5.80. The fraction of sp³-hybridized carbons (Fsp3) is 0.941. The number of carbonyl (C=O) groups is 1. The third-order valence-electron chi connectivity index (χ3n) is 3.60. The Morgan fingerprint density at radius 3 is 2.46 bits per heavy atom. The molecule has 2 N–H and O–H groups in total. The van der Waals surface area contributed by atoms with E-state index in [9.17, 15) is 14.3 Å². The van der Waals surface area contributed by atoms with E-state index in [-0.39, 0.29) is 25.2 Å². The lowest BCUT2D eigenvalue weighted by molar-refractivity contribution is -0.870. The Labute approximate surface area is 163 Å². The van der Waals surface area contributed by atoms with Crippen LogP contribution in [0, 0.1) is 0 Å².